The van der Waals surface area contributed by atoms with Gasteiger partial charge in [-0.25, -0.2) is 9.97 Å². The largest absolute Gasteiger partial charge is 0.445 e. The van der Waals surface area contributed by atoms with Gasteiger partial charge in [-0.15, -0.1) is 11.8 Å². The van der Waals surface area contributed by atoms with Gasteiger partial charge in [0, 0.05) is 17.2 Å². The van der Waals surface area contributed by atoms with Crippen molar-refractivity contribution in [1.82, 2.24) is 9.97 Å². The van der Waals surface area contributed by atoms with E-state index in [2.05, 4.69) is 29.1 Å². The van der Waals surface area contributed by atoms with Crippen molar-refractivity contribution in [2.24, 2.45) is 0 Å². The Balaban J connectivity index is 1.17. The highest BCUT2D eigenvalue weighted by atomic mass is 32.2. The van der Waals surface area contributed by atoms with E-state index in [9.17, 15) is 9.59 Å². The fourth-order valence-electron chi connectivity index (χ4n) is 3.95. The van der Waals surface area contributed by atoms with Gasteiger partial charge in [0.15, 0.2) is 5.13 Å². The van der Waals surface area contributed by atoms with E-state index in [1.165, 1.54) is 11.3 Å². The highest BCUT2D eigenvalue weighted by Gasteiger charge is 2.28. The zero-order valence-electron chi connectivity index (χ0n) is 20.2. The van der Waals surface area contributed by atoms with E-state index in [1.807, 2.05) is 55.5 Å². The molecule has 7 nitrogen and oxygen atoms in total. The zero-order valence-corrected chi connectivity index (χ0v) is 21.9. The van der Waals surface area contributed by atoms with Crippen molar-refractivity contribution < 1.29 is 14.0 Å². The number of nitrogens with one attached hydrogen (secondary N) is 1. The first-order chi connectivity index (χ1) is 17.4. The third-order valence-corrected chi connectivity index (χ3v) is 8.20. The van der Waals surface area contributed by atoms with E-state index >= 15 is 0 Å². The molecule has 0 bridgehead atoms. The van der Waals surface area contributed by atoms with Crippen molar-refractivity contribution in [1.29, 1.82) is 0 Å². The van der Waals surface area contributed by atoms with Gasteiger partial charge in [0.2, 0.25) is 11.8 Å². The number of carbonyl (C=O) groups excluding carboxylic acids is 2. The minimum atomic E-state index is -0.368. The molecule has 1 unspecified atom stereocenters. The monoisotopic (exact) mass is 518 g/mol. The van der Waals surface area contributed by atoms with Crippen molar-refractivity contribution in [2.75, 3.05) is 10.2 Å². The lowest BCUT2D eigenvalue weighted by Gasteiger charge is -2.17. The summed E-state index contributed by atoms with van der Waals surface area (Å²) >= 11 is 3.00. The Hall–Kier alpha value is -3.43. The lowest BCUT2D eigenvalue weighted by atomic mass is 10.00. The first-order valence-corrected chi connectivity index (χ1v) is 13.5. The molecule has 36 heavy (non-hydrogen) atoms. The predicted octanol–water partition coefficient (Wildman–Crippen LogP) is 6.45. The number of anilines is 2. The Morgan fingerprint density at radius 3 is 2.61 bits per heavy atom. The first-order valence-electron chi connectivity index (χ1n) is 11.7. The summed E-state index contributed by atoms with van der Waals surface area (Å²) in [7, 11) is 0. The van der Waals surface area contributed by atoms with E-state index < -0.39 is 0 Å². The number of oxazole rings is 1. The van der Waals surface area contributed by atoms with Crippen molar-refractivity contribution in [3.8, 4) is 0 Å². The highest BCUT2D eigenvalue weighted by molar-refractivity contribution is 8.00. The second-order valence-electron chi connectivity index (χ2n) is 8.94. The molecule has 5 rings (SSSR count). The summed E-state index contributed by atoms with van der Waals surface area (Å²) in [5, 5.41) is 3.48. The van der Waals surface area contributed by atoms with Crippen LogP contribution in [0.2, 0.25) is 0 Å². The standard InChI is InChI=1S/C27H26N4O3S2/c1-16(2)22-12-28-23(34-22)15-35-24-13-29-27(36-24)30-25(32)17(3)18-8-10-20(11-9-18)31-14-19-6-4-5-7-21(19)26(31)33/h4-13,16-17H,14-15H2,1-3H3,(H,29,30,32). The summed E-state index contributed by atoms with van der Waals surface area (Å²) in [4.78, 5) is 36.0. The van der Waals surface area contributed by atoms with Crippen LogP contribution in [0.25, 0.3) is 0 Å². The average Bonchev–Trinajstić information content (AvgIpc) is 3.62. The third kappa shape index (κ3) is 5.08. The summed E-state index contributed by atoms with van der Waals surface area (Å²) < 4.78 is 6.72. The number of amides is 2. The number of hydrogen-bond acceptors (Lipinski definition) is 7. The molecule has 2 aromatic heterocycles. The van der Waals surface area contributed by atoms with E-state index in [1.54, 1.807) is 29.1 Å². The van der Waals surface area contributed by atoms with Gasteiger partial charge in [0.05, 0.1) is 34.8 Å². The molecular weight excluding hydrogens is 492 g/mol. The minimum Gasteiger partial charge on any atom is -0.445 e. The molecule has 0 saturated heterocycles. The van der Waals surface area contributed by atoms with Crippen molar-refractivity contribution in [3.05, 3.63) is 89.3 Å². The van der Waals surface area contributed by atoms with E-state index in [-0.39, 0.29) is 17.7 Å². The Morgan fingerprint density at radius 1 is 1.11 bits per heavy atom. The topological polar surface area (TPSA) is 88.3 Å². The van der Waals surface area contributed by atoms with Gasteiger partial charge in [-0.3, -0.25) is 9.59 Å². The van der Waals surface area contributed by atoms with Crippen molar-refractivity contribution in [3.63, 3.8) is 0 Å². The second kappa shape index (κ2) is 10.3. The van der Waals surface area contributed by atoms with Crippen LogP contribution >= 0.6 is 23.1 Å². The minimum absolute atomic E-state index is 0.00442. The van der Waals surface area contributed by atoms with Crippen LogP contribution in [0.1, 0.15) is 65.7 Å². The van der Waals surface area contributed by atoms with Crippen LogP contribution in [0.4, 0.5) is 10.8 Å². The molecule has 0 aliphatic carbocycles. The number of benzene rings is 2. The average molecular weight is 519 g/mol. The fraction of sp³-hybridized carbons (Fsp3) is 0.259. The maximum absolute atomic E-state index is 12.9. The lowest BCUT2D eigenvalue weighted by molar-refractivity contribution is -0.117. The van der Waals surface area contributed by atoms with Crippen LogP contribution in [-0.2, 0) is 17.1 Å². The van der Waals surface area contributed by atoms with Gasteiger partial charge in [-0.1, -0.05) is 55.5 Å². The molecule has 4 aromatic rings. The molecule has 184 valence electrons. The SMILES string of the molecule is CC(C)c1cnc(CSc2cnc(NC(=O)C(C)c3ccc(N4Cc5ccccc5C4=O)cc3)s2)o1. The van der Waals surface area contributed by atoms with Gasteiger partial charge < -0.3 is 14.6 Å². The number of thioether (sulfide) groups is 1. The van der Waals surface area contributed by atoms with Crippen LogP contribution in [0, 0.1) is 0 Å². The molecule has 1 N–H and O–H groups in total. The molecule has 0 spiro atoms. The summed E-state index contributed by atoms with van der Waals surface area (Å²) in [5.41, 5.74) is 3.47. The number of thiazole rings is 1. The van der Waals surface area contributed by atoms with Crippen molar-refractivity contribution >= 4 is 45.7 Å². The fourth-order valence-corrected chi connectivity index (χ4v) is 5.67. The van der Waals surface area contributed by atoms with E-state index in [4.69, 9.17) is 4.42 Å². The smallest absolute Gasteiger partial charge is 0.258 e. The quantitative estimate of drug-likeness (QED) is 0.270. The van der Waals surface area contributed by atoms with E-state index in [0.717, 1.165) is 32.3 Å². The molecular formula is C27H26N4O3S2. The number of fused-ring (bicyclic) bond motifs is 1. The maximum Gasteiger partial charge on any atom is 0.258 e. The Kier molecular flexibility index (Phi) is 6.93. The molecule has 1 atom stereocenters. The Morgan fingerprint density at radius 2 is 1.89 bits per heavy atom. The molecule has 2 amide bonds. The molecule has 0 radical (unpaired) electrons. The van der Waals surface area contributed by atoms with Gasteiger partial charge in [0.25, 0.3) is 5.91 Å². The Bertz CT molecular complexity index is 1390. The molecule has 2 aromatic carbocycles. The van der Waals surface area contributed by atoms with Gasteiger partial charge in [-0.05, 0) is 36.2 Å². The van der Waals surface area contributed by atoms with E-state index in [0.29, 0.717) is 29.2 Å². The number of hydrogen-bond donors (Lipinski definition) is 1. The first kappa shape index (κ1) is 24.3. The molecule has 0 saturated carbocycles. The van der Waals surface area contributed by atoms with Crippen LogP contribution in [0.3, 0.4) is 0 Å². The summed E-state index contributed by atoms with van der Waals surface area (Å²) in [6, 6.07) is 15.3. The number of nitrogens with zero attached hydrogens (tertiary/aromatic N) is 3. The zero-order chi connectivity index (χ0) is 25.2. The number of aromatic nitrogens is 2. The summed E-state index contributed by atoms with van der Waals surface area (Å²) in [6.45, 7) is 6.56. The predicted molar refractivity (Wildman–Crippen MR) is 143 cm³/mol. The van der Waals surface area contributed by atoms with Gasteiger partial charge in [-0.2, -0.15) is 0 Å². The molecule has 0 fully saturated rings. The molecule has 1 aliphatic rings. The Labute approximate surface area is 218 Å². The second-order valence-corrected chi connectivity index (χ2v) is 11.2. The third-order valence-electron chi connectivity index (χ3n) is 6.11. The summed E-state index contributed by atoms with van der Waals surface area (Å²) in [5.74, 6) is 1.97. The number of carbonyl (C=O) groups is 2. The van der Waals surface area contributed by atoms with Crippen LogP contribution in [0.5, 0.6) is 0 Å². The van der Waals surface area contributed by atoms with Crippen molar-refractivity contribution in [2.45, 2.75) is 49.1 Å². The molecule has 3 heterocycles. The normalized spacial score (nSPS) is 13.8. The molecule has 1 aliphatic heterocycles. The lowest BCUT2D eigenvalue weighted by Crippen LogP contribution is -2.23. The highest BCUT2D eigenvalue weighted by Crippen LogP contribution is 2.32. The maximum atomic E-state index is 12.9. The van der Waals surface area contributed by atoms with Crippen LogP contribution in [0.15, 0.2) is 69.6 Å². The van der Waals surface area contributed by atoms with Crippen LogP contribution in [-0.4, -0.2) is 21.8 Å². The van der Waals surface area contributed by atoms with Crippen LogP contribution < -0.4 is 10.2 Å². The van der Waals surface area contributed by atoms with Gasteiger partial charge >= 0.3 is 0 Å². The number of rotatable bonds is 8. The molecule has 9 heteroatoms. The van der Waals surface area contributed by atoms with Gasteiger partial charge in [0.1, 0.15) is 5.76 Å². The summed E-state index contributed by atoms with van der Waals surface area (Å²) in [6.07, 6.45) is 3.52.